The number of rotatable bonds is 4. The van der Waals surface area contributed by atoms with E-state index in [1.54, 1.807) is 13.0 Å². The summed E-state index contributed by atoms with van der Waals surface area (Å²) in [5, 5.41) is 4.92. The lowest BCUT2D eigenvalue weighted by Crippen LogP contribution is -2.41. The lowest BCUT2D eigenvalue weighted by atomic mass is 9.97. The van der Waals surface area contributed by atoms with Gasteiger partial charge in [-0.05, 0) is 50.1 Å². The summed E-state index contributed by atoms with van der Waals surface area (Å²) in [4.78, 5) is 25.3. The highest BCUT2D eigenvalue weighted by molar-refractivity contribution is 8.01. The molecule has 2 aliphatic rings. The van der Waals surface area contributed by atoms with Gasteiger partial charge in [-0.2, -0.15) is 4.31 Å². The van der Waals surface area contributed by atoms with Gasteiger partial charge in [-0.1, -0.05) is 0 Å². The zero-order valence-electron chi connectivity index (χ0n) is 17.1. The van der Waals surface area contributed by atoms with Gasteiger partial charge in [-0.25, -0.2) is 17.2 Å². The van der Waals surface area contributed by atoms with E-state index in [4.69, 9.17) is 0 Å². The molecule has 2 aliphatic heterocycles. The van der Waals surface area contributed by atoms with Crippen molar-refractivity contribution in [3.63, 3.8) is 0 Å². The minimum absolute atomic E-state index is 0.0722. The number of carbonyl (C=O) groups is 2. The zero-order valence-corrected chi connectivity index (χ0v) is 18.7. The van der Waals surface area contributed by atoms with Gasteiger partial charge in [0.2, 0.25) is 21.8 Å². The van der Waals surface area contributed by atoms with E-state index in [2.05, 4.69) is 10.6 Å². The van der Waals surface area contributed by atoms with Gasteiger partial charge in [0, 0.05) is 30.0 Å². The van der Waals surface area contributed by atoms with Gasteiger partial charge in [-0.3, -0.25) is 9.59 Å². The highest BCUT2D eigenvalue weighted by Gasteiger charge is 2.33. The predicted octanol–water partition coefficient (Wildman–Crippen LogP) is 3.44. The number of carbonyl (C=O) groups excluding carboxylic acids is 2. The van der Waals surface area contributed by atoms with E-state index < -0.39 is 33.5 Å². The Hall–Kier alpha value is -2.50. The van der Waals surface area contributed by atoms with Crippen LogP contribution in [0.2, 0.25) is 0 Å². The first-order valence-corrected chi connectivity index (χ1v) is 12.3. The second kappa shape index (κ2) is 8.80. The zero-order chi connectivity index (χ0) is 23.0. The summed E-state index contributed by atoms with van der Waals surface area (Å²) in [6.07, 6.45) is 0.534. The van der Waals surface area contributed by atoms with Crippen molar-refractivity contribution in [2.24, 2.45) is 5.92 Å². The molecule has 2 heterocycles. The van der Waals surface area contributed by atoms with Crippen LogP contribution in [0.15, 0.2) is 46.2 Å². The van der Waals surface area contributed by atoms with Crippen molar-refractivity contribution in [1.29, 1.82) is 0 Å². The molecule has 2 amide bonds. The molecular weight excluding hydrogens is 460 g/mol. The molecule has 0 bridgehead atoms. The molecule has 11 heteroatoms. The van der Waals surface area contributed by atoms with Crippen LogP contribution in [0.1, 0.15) is 19.8 Å². The first-order valence-electron chi connectivity index (χ1n) is 10.0. The molecular formula is C21H21F2N3O4S2. The lowest BCUT2D eigenvalue weighted by molar-refractivity contribution is -0.121. The van der Waals surface area contributed by atoms with Crippen LogP contribution >= 0.6 is 11.8 Å². The molecule has 1 fully saturated rings. The van der Waals surface area contributed by atoms with Crippen LogP contribution in [0.3, 0.4) is 0 Å². The standard InChI is InChI=1S/C21H21F2N3O4S2/c1-12-20(27)25-18-11-15(3-5-19(18)31-12)32(29,30)26-8-6-13(7-9-26)21(28)24-17-4-2-14(22)10-16(17)23/h2-5,10-13H,6-9H2,1H3,(H,24,28)(H,25,27)/t12-/m0/s1. The highest BCUT2D eigenvalue weighted by Crippen LogP contribution is 2.37. The number of thioether (sulfide) groups is 1. The van der Waals surface area contributed by atoms with Gasteiger partial charge in [0.1, 0.15) is 11.6 Å². The van der Waals surface area contributed by atoms with E-state index in [9.17, 15) is 26.8 Å². The van der Waals surface area contributed by atoms with Crippen molar-refractivity contribution < 1.29 is 26.8 Å². The molecule has 1 saturated heterocycles. The third-order valence-electron chi connectivity index (χ3n) is 5.53. The Morgan fingerprint density at radius 2 is 1.88 bits per heavy atom. The van der Waals surface area contributed by atoms with Crippen LogP contribution in [0.4, 0.5) is 20.2 Å². The molecule has 2 aromatic carbocycles. The Kier molecular flexibility index (Phi) is 6.24. The summed E-state index contributed by atoms with van der Waals surface area (Å²) in [5.74, 6) is -2.72. The van der Waals surface area contributed by atoms with Crippen LogP contribution < -0.4 is 10.6 Å². The normalized spacial score (nSPS) is 19.8. The Labute approximate surface area is 188 Å². The van der Waals surface area contributed by atoms with Gasteiger partial charge in [-0.15, -0.1) is 11.8 Å². The van der Waals surface area contributed by atoms with E-state index in [0.717, 1.165) is 17.0 Å². The number of benzene rings is 2. The summed E-state index contributed by atoms with van der Waals surface area (Å²) >= 11 is 1.37. The lowest BCUT2D eigenvalue weighted by Gasteiger charge is -2.31. The summed E-state index contributed by atoms with van der Waals surface area (Å²) in [6, 6.07) is 7.54. The van der Waals surface area contributed by atoms with Gasteiger partial charge in [0.25, 0.3) is 0 Å². The van der Waals surface area contributed by atoms with Crippen LogP contribution in [0.5, 0.6) is 0 Å². The molecule has 0 aliphatic carbocycles. The summed E-state index contributed by atoms with van der Waals surface area (Å²) in [5.41, 5.74) is 0.351. The molecule has 1 atom stereocenters. The molecule has 0 saturated carbocycles. The highest BCUT2D eigenvalue weighted by atomic mass is 32.2. The summed E-state index contributed by atoms with van der Waals surface area (Å²) in [6.45, 7) is 2.03. The van der Waals surface area contributed by atoms with Crippen molar-refractivity contribution in [2.45, 2.75) is 34.8 Å². The predicted molar refractivity (Wildman–Crippen MR) is 117 cm³/mol. The van der Waals surface area contributed by atoms with Gasteiger partial charge in [0.05, 0.1) is 21.5 Å². The fourth-order valence-electron chi connectivity index (χ4n) is 3.68. The third-order valence-corrected chi connectivity index (χ3v) is 8.61. The number of anilines is 2. The van der Waals surface area contributed by atoms with Crippen LogP contribution in [0.25, 0.3) is 0 Å². The van der Waals surface area contributed by atoms with Crippen LogP contribution in [-0.2, 0) is 19.6 Å². The molecule has 0 radical (unpaired) electrons. The maximum absolute atomic E-state index is 13.8. The minimum atomic E-state index is -3.81. The number of amides is 2. The Morgan fingerprint density at radius 3 is 2.56 bits per heavy atom. The third kappa shape index (κ3) is 4.50. The first kappa shape index (κ1) is 22.7. The minimum Gasteiger partial charge on any atom is -0.324 e. The number of halogens is 2. The molecule has 0 spiro atoms. The topological polar surface area (TPSA) is 95.6 Å². The number of nitrogens with zero attached hydrogens (tertiary/aromatic N) is 1. The van der Waals surface area contributed by atoms with E-state index >= 15 is 0 Å². The number of hydrogen-bond donors (Lipinski definition) is 2. The van der Waals surface area contributed by atoms with E-state index in [0.29, 0.717) is 11.8 Å². The Morgan fingerprint density at radius 1 is 1.16 bits per heavy atom. The fraction of sp³-hybridized carbons (Fsp3) is 0.333. The smallest absolute Gasteiger partial charge is 0.243 e. The largest absolute Gasteiger partial charge is 0.324 e. The molecule has 0 aromatic heterocycles. The number of sulfonamides is 1. The Bertz CT molecular complexity index is 1180. The number of hydrogen-bond acceptors (Lipinski definition) is 5. The quantitative estimate of drug-likeness (QED) is 0.698. The van der Waals surface area contributed by atoms with Crippen molar-refractivity contribution >= 4 is 45.0 Å². The van der Waals surface area contributed by atoms with Crippen molar-refractivity contribution in [3.8, 4) is 0 Å². The SMILES string of the molecule is C[C@@H]1Sc2ccc(S(=O)(=O)N3CCC(C(=O)Nc4ccc(F)cc4F)CC3)cc2NC1=O. The van der Waals surface area contributed by atoms with E-state index in [1.807, 2.05) is 0 Å². The van der Waals surface area contributed by atoms with E-state index in [1.165, 1.54) is 28.2 Å². The summed E-state index contributed by atoms with van der Waals surface area (Å²) < 4.78 is 54.3. The molecule has 2 N–H and O–H groups in total. The van der Waals surface area contributed by atoms with Crippen molar-refractivity contribution in [3.05, 3.63) is 48.0 Å². The van der Waals surface area contributed by atoms with Crippen molar-refractivity contribution in [2.75, 3.05) is 23.7 Å². The maximum Gasteiger partial charge on any atom is 0.243 e. The fourth-order valence-corrected chi connectivity index (χ4v) is 6.11. The molecule has 2 aromatic rings. The van der Waals surface area contributed by atoms with Crippen LogP contribution in [0, 0.1) is 17.6 Å². The van der Waals surface area contributed by atoms with Crippen molar-refractivity contribution in [1.82, 2.24) is 4.31 Å². The second-order valence-corrected chi connectivity index (χ2v) is 11.0. The average molecular weight is 482 g/mol. The number of piperidine rings is 1. The van der Waals surface area contributed by atoms with Gasteiger partial charge in [0.15, 0.2) is 0 Å². The molecule has 7 nitrogen and oxygen atoms in total. The number of nitrogens with one attached hydrogen (secondary N) is 2. The summed E-state index contributed by atoms with van der Waals surface area (Å²) in [7, 11) is -3.81. The van der Waals surface area contributed by atoms with Crippen LogP contribution in [-0.4, -0.2) is 42.9 Å². The maximum atomic E-state index is 13.8. The van der Waals surface area contributed by atoms with Gasteiger partial charge >= 0.3 is 0 Å². The number of fused-ring (bicyclic) bond motifs is 1. The van der Waals surface area contributed by atoms with Gasteiger partial charge < -0.3 is 10.6 Å². The molecule has 170 valence electrons. The molecule has 32 heavy (non-hydrogen) atoms. The average Bonchev–Trinajstić information content (AvgIpc) is 2.76. The Balaban J connectivity index is 1.42. The first-order chi connectivity index (χ1) is 15.1. The monoisotopic (exact) mass is 481 g/mol. The second-order valence-electron chi connectivity index (χ2n) is 7.70. The molecule has 0 unspecified atom stereocenters. The van der Waals surface area contributed by atoms with E-state index in [-0.39, 0.29) is 47.7 Å². The molecule has 4 rings (SSSR count).